The van der Waals surface area contributed by atoms with Crippen LogP contribution in [0, 0.1) is 40.5 Å². The van der Waals surface area contributed by atoms with Gasteiger partial charge in [-0.1, -0.05) is 30.3 Å². The first-order valence-electron chi connectivity index (χ1n) is 7.05. The third kappa shape index (κ3) is 3.58. The van der Waals surface area contributed by atoms with Crippen molar-refractivity contribution in [2.45, 2.75) is 12.8 Å². The van der Waals surface area contributed by atoms with Crippen molar-refractivity contribution in [1.82, 2.24) is 0 Å². The van der Waals surface area contributed by atoms with Crippen LogP contribution in [-0.2, 0) is 12.8 Å². The number of rotatable bonds is 7. The summed E-state index contributed by atoms with van der Waals surface area (Å²) in [5, 5.41) is 44.8. The normalized spacial score (nSPS) is 10.3. The zero-order valence-corrected chi connectivity index (χ0v) is 12.9. The van der Waals surface area contributed by atoms with E-state index < -0.39 is 42.4 Å². The molecule has 0 spiro atoms. The molecule has 0 heterocycles. The van der Waals surface area contributed by atoms with Gasteiger partial charge in [-0.3, -0.25) is 40.5 Å². The smallest absolute Gasteiger partial charge is 0.258 e. The van der Waals surface area contributed by atoms with Crippen LogP contribution in [0.1, 0.15) is 11.1 Å². The molecule has 0 aliphatic rings. The summed E-state index contributed by atoms with van der Waals surface area (Å²) in [5.41, 5.74) is -4.83. The van der Waals surface area contributed by atoms with Gasteiger partial charge in [0, 0.05) is 11.6 Å². The lowest BCUT2D eigenvalue weighted by Gasteiger charge is -2.05. The maximum Gasteiger partial charge on any atom is 0.430 e. The molecule has 0 aliphatic carbocycles. The predicted octanol–water partition coefficient (Wildman–Crippen LogP) is 3.10. The summed E-state index contributed by atoms with van der Waals surface area (Å²) in [4.78, 5) is 39.8. The van der Waals surface area contributed by atoms with Gasteiger partial charge in [0.2, 0.25) is 0 Å². The lowest BCUT2D eigenvalue weighted by molar-refractivity contribution is -0.452. The van der Waals surface area contributed by atoms with Crippen LogP contribution in [0.5, 0.6) is 0 Å². The average molecular weight is 362 g/mol. The molecule has 2 rings (SSSR count). The highest BCUT2D eigenvalue weighted by molar-refractivity contribution is 5.77. The Bertz CT molecular complexity index is 913. The van der Waals surface area contributed by atoms with Crippen molar-refractivity contribution < 1.29 is 19.7 Å². The maximum atomic E-state index is 11.3. The molecule has 26 heavy (non-hydrogen) atoms. The van der Waals surface area contributed by atoms with Crippen LogP contribution in [0.4, 0.5) is 22.7 Å². The van der Waals surface area contributed by atoms with Gasteiger partial charge in [0.05, 0.1) is 19.7 Å². The molecule has 0 saturated heterocycles. The molecule has 0 aliphatic heterocycles. The van der Waals surface area contributed by atoms with E-state index in [1.54, 1.807) is 30.3 Å². The van der Waals surface area contributed by atoms with Crippen molar-refractivity contribution in [2.75, 3.05) is 0 Å². The maximum absolute atomic E-state index is 11.3. The quantitative estimate of drug-likeness (QED) is 0.533. The second-order valence-corrected chi connectivity index (χ2v) is 5.11. The van der Waals surface area contributed by atoms with E-state index in [-0.39, 0.29) is 18.4 Å². The van der Waals surface area contributed by atoms with E-state index >= 15 is 0 Å². The van der Waals surface area contributed by atoms with Gasteiger partial charge in [-0.05, 0) is 18.4 Å². The number of hydrogen-bond acceptors (Lipinski definition) is 8. The van der Waals surface area contributed by atoms with Crippen LogP contribution in [0.15, 0.2) is 36.4 Å². The minimum Gasteiger partial charge on any atom is -0.258 e. The molecule has 0 bridgehead atoms. The molecule has 0 radical (unpaired) electrons. The first kappa shape index (κ1) is 18.4. The fourth-order valence-corrected chi connectivity index (χ4v) is 2.50. The molecule has 0 atom stereocenters. The first-order valence-corrected chi connectivity index (χ1v) is 7.05. The lowest BCUT2D eigenvalue weighted by atomic mass is 10.0. The van der Waals surface area contributed by atoms with Gasteiger partial charge in [-0.15, -0.1) is 0 Å². The molecular weight excluding hydrogens is 352 g/mol. The third-order valence-electron chi connectivity index (χ3n) is 3.58. The second-order valence-electron chi connectivity index (χ2n) is 5.11. The highest BCUT2D eigenvalue weighted by Gasteiger charge is 2.46. The van der Waals surface area contributed by atoms with Crippen molar-refractivity contribution in [1.29, 1.82) is 0 Å². The Morgan fingerprint density at radius 2 is 1.19 bits per heavy atom. The molecule has 0 saturated carbocycles. The molecule has 0 amide bonds. The molecule has 2 aromatic carbocycles. The monoisotopic (exact) mass is 362 g/mol. The minimum absolute atomic E-state index is 0.139. The van der Waals surface area contributed by atoms with E-state index in [1.165, 1.54) is 0 Å². The van der Waals surface area contributed by atoms with Crippen molar-refractivity contribution in [3.63, 3.8) is 0 Å². The molecular formula is C14H10N4O8. The highest BCUT2D eigenvalue weighted by Crippen LogP contribution is 2.45. The van der Waals surface area contributed by atoms with Crippen LogP contribution in [0.3, 0.4) is 0 Å². The van der Waals surface area contributed by atoms with Crippen molar-refractivity contribution in [3.8, 4) is 0 Å². The van der Waals surface area contributed by atoms with Crippen LogP contribution < -0.4 is 0 Å². The largest absolute Gasteiger partial charge is 0.430 e. The van der Waals surface area contributed by atoms with E-state index in [9.17, 15) is 40.5 Å². The summed E-state index contributed by atoms with van der Waals surface area (Å²) in [6.07, 6.45) is 0.0633. The zero-order valence-electron chi connectivity index (χ0n) is 12.9. The summed E-state index contributed by atoms with van der Waals surface area (Å²) in [5.74, 6) is 0. The van der Waals surface area contributed by atoms with Crippen LogP contribution in [-0.4, -0.2) is 19.7 Å². The second kappa shape index (κ2) is 7.29. The zero-order chi connectivity index (χ0) is 19.4. The SMILES string of the molecule is O=[N+]([O-])c1cc(CCc2ccccc2)c([N+](=O)[O-])c([N+](=O)[O-])c1[N+](=O)[O-]. The molecule has 12 nitrogen and oxygen atoms in total. The fraction of sp³-hybridized carbons (Fsp3) is 0.143. The Morgan fingerprint density at radius 3 is 1.65 bits per heavy atom. The van der Waals surface area contributed by atoms with Gasteiger partial charge in [0.15, 0.2) is 0 Å². The molecule has 134 valence electrons. The number of benzene rings is 2. The van der Waals surface area contributed by atoms with Gasteiger partial charge in [-0.25, -0.2) is 0 Å². The molecule has 0 N–H and O–H groups in total. The van der Waals surface area contributed by atoms with E-state index in [0.717, 1.165) is 5.56 Å². The summed E-state index contributed by atoms with van der Waals surface area (Å²) >= 11 is 0. The van der Waals surface area contributed by atoms with E-state index in [4.69, 9.17) is 0 Å². The summed E-state index contributed by atoms with van der Waals surface area (Å²) in [6.45, 7) is 0. The first-order chi connectivity index (χ1) is 12.2. The number of nitro groups is 4. The number of aryl methyl sites for hydroxylation is 2. The number of nitrogens with zero attached hydrogens (tertiary/aromatic N) is 4. The highest BCUT2D eigenvalue weighted by atomic mass is 16.7. The predicted molar refractivity (Wildman–Crippen MR) is 86.9 cm³/mol. The number of hydrogen-bond donors (Lipinski definition) is 0. The van der Waals surface area contributed by atoms with Gasteiger partial charge in [0.1, 0.15) is 0 Å². The van der Waals surface area contributed by atoms with Crippen molar-refractivity contribution >= 4 is 22.7 Å². The van der Waals surface area contributed by atoms with E-state index in [0.29, 0.717) is 6.07 Å². The molecule has 0 unspecified atom stereocenters. The van der Waals surface area contributed by atoms with Crippen LogP contribution in [0.2, 0.25) is 0 Å². The van der Waals surface area contributed by atoms with Gasteiger partial charge < -0.3 is 0 Å². The Hall–Kier alpha value is -3.96. The lowest BCUT2D eigenvalue weighted by Crippen LogP contribution is -2.08. The Kier molecular flexibility index (Phi) is 5.15. The molecule has 12 heteroatoms. The minimum atomic E-state index is -1.50. The molecule has 0 fully saturated rings. The van der Waals surface area contributed by atoms with Gasteiger partial charge in [0.25, 0.3) is 0 Å². The summed E-state index contributed by atoms with van der Waals surface area (Å²) in [7, 11) is 0. The molecule has 0 aromatic heterocycles. The Morgan fingerprint density at radius 1 is 0.654 bits per heavy atom. The van der Waals surface area contributed by atoms with Gasteiger partial charge in [-0.2, -0.15) is 0 Å². The summed E-state index contributed by atoms with van der Waals surface area (Å²) in [6, 6.07) is 9.24. The fourth-order valence-electron chi connectivity index (χ4n) is 2.50. The topological polar surface area (TPSA) is 173 Å². The number of nitro benzene ring substituents is 4. The third-order valence-corrected chi connectivity index (χ3v) is 3.58. The Labute approximate surface area is 144 Å². The van der Waals surface area contributed by atoms with E-state index in [2.05, 4.69) is 0 Å². The Balaban J connectivity index is 2.70. The van der Waals surface area contributed by atoms with Crippen LogP contribution >= 0.6 is 0 Å². The summed E-state index contributed by atoms with van der Waals surface area (Å²) < 4.78 is 0. The standard InChI is InChI=1S/C14H10N4O8/c19-15(20)11-8-10(7-6-9-4-2-1-3-5-9)12(16(21)22)14(18(25)26)13(11)17(23)24/h1-5,8H,6-7H2. The van der Waals surface area contributed by atoms with Crippen LogP contribution in [0.25, 0.3) is 0 Å². The molecule has 2 aromatic rings. The average Bonchev–Trinajstić information content (AvgIpc) is 2.58. The van der Waals surface area contributed by atoms with Crippen molar-refractivity contribution in [3.05, 3.63) is 88.0 Å². The van der Waals surface area contributed by atoms with E-state index in [1.807, 2.05) is 0 Å². The van der Waals surface area contributed by atoms with Gasteiger partial charge >= 0.3 is 22.7 Å². The van der Waals surface area contributed by atoms with Crippen molar-refractivity contribution in [2.24, 2.45) is 0 Å².